The summed E-state index contributed by atoms with van der Waals surface area (Å²) in [6, 6.07) is 13.3. The maximum atomic E-state index is 12.9. The number of carbonyl (C=O) groups excluding carboxylic acids is 1. The van der Waals surface area contributed by atoms with E-state index in [1.807, 2.05) is 44.2 Å². The molecule has 1 atom stereocenters. The summed E-state index contributed by atoms with van der Waals surface area (Å²) in [5.74, 6) is 0.311. The highest BCUT2D eigenvalue weighted by Gasteiger charge is 2.36. The number of hydrogen-bond donors (Lipinski definition) is 1. The standard InChI is InChI=1S/C20H19N3O2/c1-3-23-17-9-8-12(2)10-14(17)15(20(23)25)11-18-21-16-7-5-4-6-13(16)19(24)22-18/h4-10,15H,3,11H2,1-2H3,(H,21,22,24)/t15-/m1/s1. The van der Waals surface area contributed by atoms with Crippen LogP contribution in [0.15, 0.2) is 47.3 Å². The van der Waals surface area contributed by atoms with Gasteiger partial charge in [-0.3, -0.25) is 9.59 Å². The molecule has 126 valence electrons. The molecule has 5 nitrogen and oxygen atoms in total. The predicted octanol–water partition coefficient (Wildman–Crippen LogP) is 2.92. The third kappa shape index (κ3) is 2.52. The smallest absolute Gasteiger partial charge is 0.258 e. The number of aryl methyl sites for hydroxylation is 1. The van der Waals surface area contributed by atoms with Crippen LogP contribution in [0, 0.1) is 6.92 Å². The number of nitrogens with one attached hydrogen (secondary N) is 1. The number of likely N-dealkylation sites (N-methyl/N-ethyl adjacent to an activating group) is 1. The second-order valence-corrected chi connectivity index (χ2v) is 6.43. The topological polar surface area (TPSA) is 66.1 Å². The Morgan fingerprint density at radius 3 is 2.76 bits per heavy atom. The van der Waals surface area contributed by atoms with Crippen molar-refractivity contribution < 1.29 is 4.79 Å². The molecule has 0 spiro atoms. The molecular formula is C20H19N3O2. The van der Waals surface area contributed by atoms with Crippen molar-refractivity contribution in [3.63, 3.8) is 0 Å². The van der Waals surface area contributed by atoms with E-state index in [1.54, 1.807) is 11.0 Å². The van der Waals surface area contributed by atoms with Crippen LogP contribution in [-0.2, 0) is 11.2 Å². The summed E-state index contributed by atoms with van der Waals surface area (Å²) in [4.78, 5) is 34.3. The third-order valence-corrected chi connectivity index (χ3v) is 4.79. The quantitative estimate of drug-likeness (QED) is 0.801. The monoisotopic (exact) mass is 333 g/mol. The lowest BCUT2D eigenvalue weighted by atomic mass is 9.95. The molecule has 25 heavy (non-hydrogen) atoms. The lowest BCUT2D eigenvalue weighted by molar-refractivity contribution is -0.119. The largest absolute Gasteiger partial charge is 0.312 e. The number of rotatable bonds is 3. The molecule has 0 saturated carbocycles. The van der Waals surface area contributed by atoms with Gasteiger partial charge in [0.15, 0.2) is 0 Å². The first kappa shape index (κ1) is 15.6. The maximum Gasteiger partial charge on any atom is 0.258 e. The number of aromatic amines is 1. The number of para-hydroxylation sites is 1. The van der Waals surface area contributed by atoms with Gasteiger partial charge in [-0.1, -0.05) is 29.8 Å². The highest BCUT2D eigenvalue weighted by Crippen LogP contribution is 2.39. The van der Waals surface area contributed by atoms with Gasteiger partial charge in [0.05, 0.1) is 16.8 Å². The zero-order chi connectivity index (χ0) is 17.6. The molecule has 0 saturated heterocycles. The number of aromatic nitrogens is 2. The SMILES string of the molecule is CCN1C(=O)[C@H](Cc2nc3ccccc3c(=O)[nH]2)c2cc(C)ccc21. The van der Waals surface area contributed by atoms with E-state index in [9.17, 15) is 9.59 Å². The molecule has 0 radical (unpaired) electrons. The molecule has 3 aromatic rings. The maximum absolute atomic E-state index is 12.9. The molecule has 1 amide bonds. The number of hydrogen-bond acceptors (Lipinski definition) is 3. The van der Waals surface area contributed by atoms with E-state index in [2.05, 4.69) is 16.0 Å². The van der Waals surface area contributed by atoms with Gasteiger partial charge >= 0.3 is 0 Å². The Hall–Kier alpha value is -2.95. The average molecular weight is 333 g/mol. The van der Waals surface area contributed by atoms with E-state index in [-0.39, 0.29) is 17.4 Å². The van der Waals surface area contributed by atoms with E-state index in [4.69, 9.17) is 0 Å². The first-order valence-corrected chi connectivity index (χ1v) is 8.48. The van der Waals surface area contributed by atoms with Crippen LogP contribution < -0.4 is 10.5 Å². The fourth-order valence-corrected chi connectivity index (χ4v) is 3.59. The zero-order valence-corrected chi connectivity index (χ0v) is 14.2. The molecule has 5 heteroatoms. The minimum Gasteiger partial charge on any atom is -0.312 e. The van der Waals surface area contributed by atoms with E-state index in [0.29, 0.717) is 29.7 Å². The van der Waals surface area contributed by atoms with Gasteiger partial charge in [0.1, 0.15) is 5.82 Å². The van der Waals surface area contributed by atoms with E-state index >= 15 is 0 Å². The lowest BCUT2D eigenvalue weighted by Crippen LogP contribution is -2.29. The first-order chi connectivity index (χ1) is 12.1. The molecule has 2 aromatic carbocycles. The number of amides is 1. The van der Waals surface area contributed by atoms with Crippen LogP contribution in [-0.4, -0.2) is 22.4 Å². The Balaban J connectivity index is 1.77. The van der Waals surface area contributed by atoms with Gasteiger partial charge in [-0.05, 0) is 37.6 Å². The van der Waals surface area contributed by atoms with Crippen LogP contribution in [0.2, 0.25) is 0 Å². The van der Waals surface area contributed by atoms with E-state index in [1.165, 1.54) is 0 Å². The van der Waals surface area contributed by atoms with Gasteiger partial charge in [-0.25, -0.2) is 4.98 Å². The van der Waals surface area contributed by atoms with Crippen molar-refractivity contribution in [3.05, 3.63) is 69.8 Å². The minimum absolute atomic E-state index is 0.0684. The van der Waals surface area contributed by atoms with Crippen molar-refractivity contribution in [3.8, 4) is 0 Å². The van der Waals surface area contributed by atoms with Crippen molar-refractivity contribution in [1.82, 2.24) is 9.97 Å². The van der Waals surface area contributed by atoms with Gasteiger partial charge in [-0.2, -0.15) is 0 Å². The molecule has 2 heterocycles. The summed E-state index contributed by atoms with van der Waals surface area (Å²) in [5, 5.41) is 0.565. The second kappa shape index (κ2) is 5.84. The summed E-state index contributed by atoms with van der Waals surface area (Å²) in [7, 11) is 0. The van der Waals surface area contributed by atoms with Crippen molar-refractivity contribution in [2.75, 3.05) is 11.4 Å². The number of fused-ring (bicyclic) bond motifs is 2. The zero-order valence-electron chi connectivity index (χ0n) is 14.2. The van der Waals surface area contributed by atoms with Crippen LogP contribution >= 0.6 is 0 Å². The summed E-state index contributed by atoms with van der Waals surface area (Å²) >= 11 is 0. The first-order valence-electron chi connectivity index (χ1n) is 8.48. The number of carbonyl (C=O) groups is 1. The number of H-pyrrole nitrogens is 1. The number of nitrogens with zero attached hydrogens (tertiary/aromatic N) is 2. The minimum atomic E-state index is -0.306. The van der Waals surface area contributed by atoms with Crippen molar-refractivity contribution >= 4 is 22.5 Å². The van der Waals surface area contributed by atoms with Crippen LogP contribution in [0.1, 0.15) is 29.8 Å². The van der Waals surface area contributed by atoms with Gasteiger partial charge in [0, 0.05) is 18.7 Å². The van der Waals surface area contributed by atoms with E-state index < -0.39 is 0 Å². The van der Waals surface area contributed by atoms with Gasteiger partial charge < -0.3 is 9.88 Å². The third-order valence-electron chi connectivity index (χ3n) is 4.79. The average Bonchev–Trinajstić information content (AvgIpc) is 2.86. The predicted molar refractivity (Wildman–Crippen MR) is 98.0 cm³/mol. The Labute approximate surface area is 145 Å². The molecule has 0 fully saturated rings. The number of anilines is 1. The molecule has 0 unspecified atom stereocenters. The molecule has 0 aliphatic carbocycles. The summed E-state index contributed by atoms with van der Waals surface area (Å²) < 4.78 is 0. The molecule has 4 rings (SSSR count). The highest BCUT2D eigenvalue weighted by molar-refractivity contribution is 6.05. The molecule has 1 aliphatic heterocycles. The highest BCUT2D eigenvalue weighted by atomic mass is 16.2. The molecule has 1 aromatic heterocycles. The van der Waals surface area contributed by atoms with Crippen molar-refractivity contribution in [2.45, 2.75) is 26.2 Å². The molecular weight excluding hydrogens is 314 g/mol. The molecule has 1 aliphatic rings. The van der Waals surface area contributed by atoms with Crippen LogP contribution in [0.5, 0.6) is 0 Å². The molecule has 0 bridgehead atoms. The Morgan fingerprint density at radius 1 is 1.16 bits per heavy atom. The van der Waals surface area contributed by atoms with Gasteiger partial charge in [-0.15, -0.1) is 0 Å². The molecule has 1 N–H and O–H groups in total. The Morgan fingerprint density at radius 2 is 1.96 bits per heavy atom. The summed E-state index contributed by atoms with van der Waals surface area (Å²) in [6.45, 7) is 4.62. The summed E-state index contributed by atoms with van der Waals surface area (Å²) in [6.07, 6.45) is 0.395. The fourth-order valence-electron chi connectivity index (χ4n) is 3.59. The Bertz CT molecular complexity index is 1040. The number of benzene rings is 2. The van der Waals surface area contributed by atoms with E-state index in [0.717, 1.165) is 16.8 Å². The van der Waals surface area contributed by atoms with Crippen LogP contribution in [0.25, 0.3) is 10.9 Å². The normalized spacial score (nSPS) is 16.5. The summed E-state index contributed by atoms with van der Waals surface area (Å²) in [5.41, 5.74) is 3.59. The van der Waals surface area contributed by atoms with Crippen molar-refractivity contribution in [1.29, 1.82) is 0 Å². The van der Waals surface area contributed by atoms with Crippen LogP contribution in [0.4, 0.5) is 5.69 Å². The van der Waals surface area contributed by atoms with Gasteiger partial charge in [0.2, 0.25) is 5.91 Å². The Kier molecular flexibility index (Phi) is 3.64. The van der Waals surface area contributed by atoms with Crippen molar-refractivity contribution in [2.24, 2.45) is 0 Å². The fraction of sp³-hybridized carbons (Fsp3) is 0.250. The second-order valence-electron chi connectivity index (χ2n) is 6.43. The van der Waals surface area contributed by atoms with Gasteiger partial charge in [0.25, 0.3) is 5.56 Å². The lowest BCUT2D eigenvalue weighted by Gasteiger charge is -2.15. The van der Waals surface area contributed by atoms with Crippen LogP contribution in [0.3, 0.4) is 0 Å².